The van der Waals surface area contributed by atoms with Crippen molar-refractivity contribution in [3.63, 3.8) is 0 Å². The average Bonchev–Trinajstić information content (AvgIpc) is 2.96. The van der Waals surface area contributed by atoms with Crippen LogP contribution in [-0.2, 0) is 9.53 Å². The van der Waals surface area contributed by atoms with Crippen molar-refractivity contribution in [2.24, 2.45) is 0 Å². The van der Waals surface area contributed by atoms with Crippen LogP contribution in [0.1, 0.15) is 16.1 Å². The van der Waals surface area contributed by atoms with Crippen LogP contribution in [0.15, 0.2) is 51.4 Å². The number of methoxy groups -OCH3 is 1. The van der Waals surface area contributed by atoms with E-state index in [0.29, 0.717) is 22.6 Å². The number of anilines is 1. The van der Waals surface area contributed by atoms with E-state index in [1.807, 2.05) is 12.1 Å². The van der Waals surface area contributed by atoms with E-state index in [0.717, 1.165) is 9.86 Å². The van der Waals surface area contributed by atoms with Gasteiger partial charge in [-0.05, 0) is 37.3 Å². The van der Waals surface area contributed by atoms with E-state index in [1.165, 1.54) is 7.11 Å². The van der Waals surface area contributed by atoms with Crippen molar-refractivity contribution in [2.75, 3.05) is 19.0 Å². The van der Waals surface area contributed by atoms with E-state index in [2.05, 4.69) is 21.2 Å². The van der Waals surface area contributed by atoms with Gasteiger partial charge >= 0.3 is 5.97 Å². The van der Waals surface area contributed by atoms with E-state index >= 15 is 0 Å². The highest BCUT2D eigenvalue weighted by atomic mass is 79.9. The molecule has 1 aromatic heterocycles. The molecule has 0 saturated carbocycles. The molecule has 1 amide bonds. The van der Waals surface area contributed by atoms with E-state index in [9.17, 15) is 9.59 Å². The van der Waals surface area contributed by atoms with Gasteiger partial charge in [0.2, 0.25) is 5.76 Å². The first-order valence-corrected chi connectivity index (χ1v) is 8.57. The average molecular weight is 418 g/mol. The van der Waals surface area contributed by atoms with Gasteiger partial charge in [-0.2, -0.15) is 0 Å². The van der Waals surface area contributed by atoms with Crippen LogP contribution in [0.3, 0.4) is 0 Å². The van der Waals surface area contributed by atoms with Crippen LogP contribution in [0.5, 0.6) is 5.75 Å². The summed E-state index contributed by atoms with van der Waals surface area (Å²) >= 11 is 3.38. The second-order valence-electron chi connectivity index (χ2n) is 5.55. The highest BCUT2D eigenvalue weighted by molar-refractivity contribution is 9.10. The van der Waals surface area contributed by atoms with Gasteiger partial charge in [-0.25, -0.2) is 4.79 Å². The summed E-state index contributed by atoms with van der Waals surface area (Å²) in [5.41, 5.74) is 1.80. The Kier molecular flexibility index (Phi) is 5.27. The van der Waals surface area contributed by atoms with Crippen molar-refractivity contribution < 1.29 is 23.5 Å². The normalized spacial score (nSPS) is 10.6. The zero-order valence-corrected chi connectivity index (χ0v) is 15.8. The molecule has 7 heteroatoms. The summed E-state index contributed by atoms with van der Waals surface area (Å²) in [6, 6.07) is 12.3. The number of benzene rings is 2. The number of rotatable bonds is 5. The summed E-state index contributed by atoms with van der Waals surface area (Å²) in [7, 11) is 1.54. The lowest BCUT2D eigenvalue weighted by Crippen LogP contribution is -2.21. The summed E-state index contributed by atoms with van der Waals surface area (Å²) in [6.07, 6.45) is 0. The van der Waals surface area contributed by atoms with E-state index in [-0.39, 0.29) is 5.76 Å². The van der Waals surface area contributed by atoms with Crippen LogP contribution >= 0.6 is 15.9 Å². The number of aryl methyl sites for hydroxylation is 1. The number of hydrogen-bond donors (Lipinski definition) is 1. The summed E-state index contributed by atoms with van der Waals surface area (Å²) in [5.74, 6) is -0.435. The zero-order chi connectivity index (χ0) is 18.7. The number of amides is 1. The van der Waals surface area contributed by atoms with Gasteiger partial charge in [0.15, 0.2) is 6.61 Å². The van der Waals surface area contributed by atoms with E-state index in [4.69, 9.17) is 13.9 Å². The van der Waals surface area contributed by atoms with Gasteiger partial charge in [-0.1, -0.05) is 22.0 Å². The van der Waals surface area contributed by atoms with E-state index < -0.39 is 18.5 Å². The van der Waals surface area contributed by atoms with Gasteiger partial charge < -0.3 is 19.2 Å². The number of esters is 1. The molecule has 0 unspecified atom stereocenters. The molecule has 3 rings (SSSR count). The second-order valence-corrected chi connectivity index (χ2v) is 6.47. The van der Waals surface area contributed by atoms with Crippen molar-refractivity contribution in [1.82, 2.24) is 0 Å². The summed E-state index contributed by atoms with van der Waals surface area (Å²) in [5, 5.41) is 3.45. The highest BCUT2D eigenvalue weighted by Crippen LogP contribution is 2.28. The van der Waals surface area contributed by atoms with Crippen LogP contribution < -0.4 is 10.1 Å². The molecule has 0 fully saturated rings. The lowest BCUT2D eigenvalue weighted by molar-refractivity contribution is -0.119. The molecule has 0 bridgehead atoms. The number of carbonyl (C=O) groups excluding carboxylic acids is 2. The smallest absolute Gasteiger partial charge is 0.375 e. The first kappa shape index (κ1) is 18.0. The van der Waals surface area contributed by atoms with Crippen molar-refractivity contribution in [1.29, 1.82) is 0 Å². The summed E-state index contributed by atoms with van der Waals surface area (Å²) in [4.78, 5) is 24.2. The Balaban J connectivity index is 1.65. The molecule has 0 spiro atoms. The minimum Gasteiger partial charge on any atom is -0.497 e. The van der Waals surface area contributed by atoms with Crippen molar-refractivity contribution in [2.45, 2.75) is 6.92 Å². The van der Waals surface area contributed by atoms with Crippen LogP contribution in [0.2, 0.25) is 0 Å². The minimum atomic E-state index is -0.685. The molecule has 3 aromatic rings. The van der Waals surface area contributed by atoms with Crippen LogP contribution in [-0.4, -0.2) is 25.6 Å². The van der Waals surface area contributed by atoms with Gasteiger partial charge in [-0.3, -0.25) is 4.79 Å². The SMILES string of the molecule is COc1cccc(NC(=O)COC(=O)c2oc3ccc(Br)cc3c2C)c1. The molecule has 0 saturated heterocycles. The third-order valence-corrected chi connectivity index (χ3v) is 4.26. The van der Waals surface area contributed by atoms with Gasteiger partial charge in [0, 0.05) is 27.2 Å². The molecule has 6 nitrogen and oxygen atoms in total. The van der Waals surface area contributed by atoms with Gasteiger partial charge in [0.1, 0.15) is 11.3 Å². The predicted molar refractivity (Wildman–Crippen MR) is 101 cm³/mol. The molecule has 134 valence electrons. The summed E-state index contributed by atoms with van der Waals surface area (Å²) < 4.78 is 16.6. The Hall–Kier alpha value is -2.80. The van der Waals surface area contributed by atoms with Crippen LogP contribution in [0.25, 0.3) is 11.0 Å². The maximum atomic E-state index is 12.2. The lowest BCUT2D eigenvalue weighted by Gasteiger charge is -2.07. The molecule has 1 heterocycles. The van der Waals surface area contributed by atoms with Gasteiger partial charge in [-0.15, -0.1) is 0 Å². The van der Waals surface area contributed by atoms with Gasteiger partial charge in [0.25, 0.3) is 5.91 Å². The zero-order valence-electron chi connectivity index (χ0n) is 14.2. The summed E-state index contributed by atoms with van der Waals surface area (Å²) in [6.45, 7) is 1.35. The Labute approximate surface area is 158 Å². The predicted octanol–water partition coefficient (Wildman–Crippen LogP) is 4.31. The Morgan fingerprint density at radius 1 is 1.19 bits per heavy atom. The number of hydrogen-bond acceptors (Lipinski definition) is 5. The Morgan fingerprint density at radius 3 is 2.77 bits per heavy atom. The number of ether oxygens (including phenoxy) is 2. The maximum absolute atomic E-state index is 12.2. The maximum Gasteiger partial charge on any atom is 0.375 e. The number of carbonyl (C=O) groups is 2. The monoisotopic (exact) mass is 417 g/mol. The second kappa shape index (κ2) is 7.61. The first-order chi connectivity index (χ1) is 12.5. The first-order valence-electron chi connectivity index (χ1n) is 7.77. The fourth-order valence-corrected chi connectivity index (χ4v) is 2.84. The molecule has 2 aromatic carbocycles. The molecular formula is C19H16BrNO5. The fraction of sp³-hybridized carbons (Fsp3) is 0.158. The lowest BCUT2D eigenvalue weighted by atomic mass is 10.1. The third-order valence-electron chi connectivity index (χ3n) is 3.77. The van der Waals surface area contributed by atoms with Gasteiger partial charge in [0.05, 0.1) is 7.11 Å². The molecule has 0 atom stereocenters. The molecule has 0 aliphatic heterocycles. The van der Waals surface area contributed by atoms with E-state index in [1.54, 1.807) is 37.3 Å². The number of nitrogens with one attached hydrogen (secondary N) is 1. The van der Waals surface area contributed by atoms with Crippen LogP contribution in [0, 0.1) is 6.92 Å². The largest absolute Gasteiger partial charge is 0.497 e. The minimum absolute atomic E-state index is 0.0901. The molecule has 1 N–H and O–H groups in total. The van der Waals surface area contributed by atoms with Crippen LogP contribution in [0.4, 0.5) is 5.69 Å². The number of fused-ring (bicyclic) bond motifs is 1. The molecular weight excluding hydrogens is 402 g/mol. The fourth-order valence-electron chi connectivity index (χ4n) is 2.48. The highest BCUT2D eigenvalue weighted by Gasteiger charge is 2.20. The van der Waals surface area contributed by atoms with Crippen molar-refractivity contribution >= 4 is 44.5 Å². The molecule has 0 radical (unpaired) electrons. The Bertz CT molecular complexity index is 979. The third kappa shape index (κ3) is 3.88. The molecule has 0 aliphatic carbocycles. The quantitative estimate of drug-likeness (QED) is 0.625. The number of halogens is 1. The van der Waals surface area contributed by atoms with Crippen molar-refractivity contribution in [3.05, 3.63) is 58.3 Å². The topological polar surface area (TPSA) is 77.8 Å². The van der Waals surface area contributed by atoms with Crippen molar-refractivity contribution in [3.8, 4) is 5.75 Å². The number of furan rings is 1. The molecule has 26 heavy (non-hydrogen) atoms. The standard InChI is InChI=1S/C19H16BrNO5/c1-11-15-8-12(20)6-7-16(15)26-18(11)19(23)25-10-17(22)21-13-4-3-5-14(9-13)24-2/h3-9H,10H2,1-2H3,(H,21,22). The molecule has 0 aliphatic rings. The Morgan fingerprint density at radius 2 is 2.00 bits per heavy atom.